The highest BCUT2D eigenvalue weighted by Gasteiger charge is 2.37. The summed E-state index contributed by atoms with van der Waals surface area (Å²) in [5.41, 5.74) is -0.150. The van der Waals surface area contributed by atoms with Crippen molar-refractivity contribution in [1.29, 1.82) is 0 Å². The normalized spacial score (nSPS) is 13.3. The number of anilines is 1. The molecule has 8 nitrogen and oxygen atoms in total. The van der Waals surface area contributed by atoms with Crippen LogP contribution in [0.4, 0.5) is 10.1 Å². The van der Waals surface area contributed by atoms with Gasteiger partial charge in [0.05, 0.1) is 24.7 Å². The molecule has 0 unspecified atom stereocenters. The van der Waals surface area contributed by atoms with Crippen LogP contribution >= 0.6 is 22.9 Å². The lowest BCUT2D eigenvalue weighted by Gasteiger charge is -2.25. The highest BCUT2D eigenvalue weighted by atomic mass is 35.5. The molecule has 0 aliphatic heterocycles. The van der Waals surface area contributed by atoms with Crippen LogP contribution in [0.3, 0.4) is 0 Å². The molecule has 0 atom stereocenters. The first-order chi connectivity index (χ1) is 17.8. The van der Waals surface area contributed by atoms with Gasteiger partial charge in [-0.2, -0.15) is 4.39 Å². The van der Waals surface area contributed by atoms with E-state index in [4.69, 9.17) is 25.8 Å². The lowest BCUT2D eigenvalue weighted by atomic mass is 9.90. The van der Waals surface area contributed by atoms with Gasteiger partial charge in [-0.15, -0.1) is 11.3 Å². The fourth-order valence-electron chi connectivity index (χ4n) is 3.87. The number of amides is 2. The van der Waals surface area contributed by atoms with Crippen molar-refractivity contribution in [3.8, 4) is 0 Å². The molecular formula is C26H27ClFNO7S. The van der Waals surface area contributed by atoms with E-state index in [2.05, 4.69) is 0 Å². The van der Waals surface area contributed by atoms with Gasteiger partial charge in [-0.05, 0) is 44.7 Å². The monoisotopic (exact) mass is 551 g/mol. The molecular weight excluding hydrogens is 525 g/mol. The number of ether oxygens (including phenoxy) is 3. The predicted molar refractivity (Wildman–Crippen MR) is 136 cm³/mol. The molecule has 0 spiro atoms. The van der Waals surface area contributed by atoms with E-state index in [1.165, 1.54) is 19.2 Å². The number of hydrogen-bond acceptors (Lipinski definition) is 8. The maximum Gasteiger partial charge on any atom is 0.334 e. The molecule has 2 aromatic rings. The van der Waals surface area contributed by atoms with Gasteiger partial charge in [-0.25, -0.2) is 9.69 Å². The Hall–Kier alpha value is -3.08. The van der Waals surface area contributed by atoms with Crippen LogP contribution in [0.1, 0.15) is 47.8 Å². The number of hydrogen-bond donors (Lipinski definition) is 0. The third-order valence-electron chi connectivity index (χ3n) is 5.61. The molecule has 0 saturated heterocycles. The van der Waals surface area contributed by atoms with Gasteiger partial charge in [-0.1, -0.05) is 29.8 Å². The second kappa shape index (κ2) is 13.5. The molecule has 198 valence electrons. The van der Waals surface area contributed by atoms with Gasteiger partial charge >= 0.3 is 11.9 Å². The first-order valence-corrected chi connectivity index (χ1v) is 12.9. The summed E-state index contributed by atoms with van der Waals surface area (Å²) in [4.78, 5) is 53.0. The van der Waals surface area contributed by atoms with Crippen LogP contribution in [0.15, 0.2) is 41.5 Å². The second-order valence-electron chi connectivity index (χ2n) is 8.05. The molecule has 0 radical (unpaired) electrons. The average Bonchev–Trinajstić information content (AvgIpc) is 3.17. The quantitative estimate of drug-likeness (QED) is 0.236. The number of nitrogens with zero attached hydrogens (tertiary/aromatic N) is 1. The first-order valence-electron chi connectivity index (χ1n) is 11.7. The number of thiophene rings is 1. The topological polar surface area (TPSA) is 99.2 Å². The van der Waals surface area contributed by atoms with E-state index in [0.29, 0.717) is 29.1 Å². The first kappa shape index (κ1) is 28.5. The van der Waals surface area contributed by atoms with Crippen molar-refractivity contribution in [2.24, 2.45) is 0 Å². The Bertz CT molecular complexity index is 1200. The molecule has 3 rings (SSSR count). The Kier molecular flexibility index (Phi) is 10.4. The number of carbonyl (C=O) groups excluding carboxylic acids is 4. The van der Waals surface area contributed by atoms with Crippen molar-refractivity contribution in [2.45, 2.75) is 39.0 Å². The Morgan fingerprint density at radius 3 is 2.32 bits per heavy atom. The third kappa shape index (κ3) is 6.82. The summed E-state index contributed by atoms with van der Waals surface area (Å²) in [7, 11) is 1.46. The Morgan fingerprint density at radius 1 is 1.00 bits per heavy atom. The van der Waals surface area contributed by atoms with Crippen molar-refractivity contribution < 1.29 is 37.8 Å². The molecule has 2 amide bonds. The molecule has 1 aliphatic rings. The Labute approximate surface area is 222 Å². The van der Waals surface area contributed by atoms with E-state index >= 15 is 4.39 Å². The number of benzene rings is 1. The molecule has 1 heterocycles. The zero-order valence-electron chi connectivity index (χ0n) is 20.5. The molecule has 37 heavy (non-hydrogen) atoms. The smallest absolute Gasteiger partial charge is 0.334 e. The number of carbonyl (C=O) groups is 4. The number of imide groups is 1. The standard InChI is InChI=1S/C26H27ClFNO7S/c1-3-35-20(30)15-19-21(27)22(23(28)37-19)29(24(31)16-9-5-4-6-10-16)25(32)17-11-7-8-12-18(17)26(33)36-14-13-34-2/h4-6,9-10H,3,7-8,11-15H2,1-2H3. The zero-order chi connectivity index (χ0) is 26.9. The van der Waals surface area contributed by atoms with Crippen LogP contribution in [0.2, 0.25) is 5.02 Å². The van der Waals surface area contributed by atoms with Crippen LogP contribution in [0, 0.1) is 5.13 Å². The Balaban J connectivity index is 2.09. The zero-order valence-corrected chi connectivity index (χ0v) is 22.1. The van der Waals surface area contributed by atoms with E-state index < -0.39 is 34.6 Å². The van der Waals surface area contributed by atoms with Crippen LogP contribution in [-0.4, -0.2) is 50.7 Å². The highest BCUT2D eigenvalue weighted by Crippen LogP contribution is 2.41. The van der Waals surface area contributed by atoms with Gasteiger partial charge in [0.25, 0.3) is 11.8 Å². The minimum Gasteiger partial charge on any atom is -0.466 e. The predicted octanol–water partition coefficient (Wildman–Crippen LogP) is 4.88. The van der Waals surface area contributed by atoms with Crippen molar-refractivity contribution in [2.75, 3.05) is 31.8 Å². The SMILES string of the molecule is CCOC(=O)Cc1sc(F)c(N(C(=O)C2=C(C(=O)OCCOC)CCCC2)C(=O)c2ccccc2)c1Cl. The average molecular weight is 552 g/mol. The van der Waals surface area contributed by atoms with Gasteiger partial charge in [0.15, 0.2) is 0 Å². The lowest BCUT2D eigenvalue weighted by Crippen LogP contribution is -2.40. The van der Waals surface area contributed by atoms with E-state index in [-0.39, 0.29) is 65.7 Å². The maximum absolute atomic E-state index is 15.3. The largest absolute Gasteiger partial charge is 0.466 e. The van der Waals surface area contributed by atoms with E-state index in [9.17, 15) is 19.2 Å². The van der Waals surface area contributed by atoms with Crippen LogP contribution in [0.5, 0.6) is 0 Å². The third-order valence-corrected chi connectivity index (χ3v) is 7.09. The summed E-state index contributed by atoms with van der Waals surface area (Å²) in [6, 6.07) is 7.86. The molecule has 0 saturated carbocycles. The summed E-state index contributed by atoms with van der Waals surface area (Å²) in [5.74, 6) is -3.00. The van der Waals surface area contributed by atoms with Gasteiger partial charge in [0, 0.05) is 28.7 Å². The molecule has 1 aliphatic carbocycles. The lowest BCUT2D eigenvalue weighted by molar-refractivity contribution is -0.142. The maximum atomic E-state index is 15.3. The summed E-state index contributed by atoms with van der Waals surface area (Å²) in [6.07, 6.45) is 1.39. The molecule has 0 N–H and O–H groups in total. The van der Waals surface area contributed by atoms with Crippen LogP contribution < -0.4 is 4.90 Å². The van der Waals surface area contributed by atoms with Gasteiger partial charge in [-0.3, -0.25) is 14.4 Å². The minimum absolute atomic E-state index is 0.00479. The molecule has 1 aromatic carbocycles. The van der Waals surface area contributed by atoms with Gasteiger partial charge in [0.1, 0.15) is 12.3 Å². The molecule has 11 heteroatoms. The van der Waals surface area contributed by atoms with E-state index in [1.807, 2.05) is 0 Å². The number of halogens is 2. The summed E-state index contributed by atoms with van der Waals surface area (Å²) in [5, 5.41) is -1.16. The minimum atomic E-state index is -0.914. The van der Waals surface area contributed by atoms with E-state index in [1.54, 1.807) is 25.1 Å². The Morgan fingerprint density at radius 2 is 1.68 bits per heavy atom. The number of methoxy groups -OCH3 is 1. The van der Waals surface area contributed by atoms with Crippen molar-refractivity contribution >= 4 is 52.4 Å². The van der Waals surface area contributed by atoms with Gasteiger partial charge < -0.3 is 14.2 Å². The number of esters is 2. The molecule has 1 aromatic heterocycles. The molecule has 0 fully saturated rings. The number of rotatable bonds is 10. The highest BCUT2D eigenvalue weighted by molar-refractivity contribution is 7.11. The summed E-state index contributed by atoms with van der Waals surface area (Å²) in [6.45, 7) is 1.94. The van der Waals surface area contributed by atoms with Crippen molar-refractivity contribution in [1.82, 2.24) is 0 Å². The summed E-state index contributed by atoms with van der Waals surface area (Å²) < 4.78 is 30.4. The fourth-order valence-corrected chi connectivity index (χ4v) is 5.16. The van der Waals surface area contributed by atoms with Crippen molar-refractivity contribution in [3.63, 3.8) is 0 Å². The summed E-state index contributed by atoms with van der Waals surface area (Å²) >= 11 is 7.02. The van der Waals surface area contributed by atoms with Crippen LogP contribution in [0.25, 0.3) is 0 Å². The van der Waals surface area contributed by atoms with Crippen molar-refractivity contribution in [3.05, 3.63) is 62.1 Å². The van der Waals surface area contributed by atoms with Gasteiger partial charge in [0.2, 0.25) is 5.13 Å². The molecule has 0 bridgehead atoms. The van der Waals surface area contributed by atoms with Crippen LogP contribution in [-0.2, 0) is 35.0 Å². The van der Waals surface area contributed by atoms with E-state index in [0.717, 1.165) is 0 Å². The second-order valence-corrected chi connectivity index (χ2v) is 9.48. The fraction of sp³-hybridized carbons (Fsp3) is 0.385.